The molecule has 0 radical (unpaired) electrons. The van der Waals surface area contributed by atoms with E-state index in [1.807, 2.05) is 30.3 Å². The lowest BCUT2D eigenvalue weighted by Gasteiger charge is -2.13. The lowest BCUT2D eigenvalue weighted by Crippen LogP contribution is -2.42. The number of hydrogen-bond donors (Lipinski definition) is 2. The van der Waals surface area contributed by atoms with Crippen LogP contribution in [0, 0.1) is 0 Å². The summed E-state index contributed by atoms with van der Waals surface area (Å²) in [4.78, 5) is 19.1. The maximum absolute atomic E-state index is 12.1. The summed E-state index contributed by atoms with van der Waals surface area (Å²) in [5.41, 5.74) is 8.10. The molecule has 2 aromatic rings. The van der Waals surface area contributed by atoms with Crippen molar-refractivity contribution in [3.05, 3.63) is 47.0 Å². The van der Waals surface area contributed by atoms with Gasteiger partial charge in [0.25, 0.3) is 0 Å². The van der Waals surface area contributed by atoms with Crippen LogP contribution in [0.2, 0.25) is 0 Å². The second kappa shape index (κ2) is 8.26. The number of benzene rings is 1. The van der Waals surface area contributed by atoms with Crippen molar-refractivity contribution in [1.29, 1.82) is 0 Å². The predicted octanol–water partition coefficient (Wildman–Crippen LogP) is 1.97. The van der Waals surface area contributed by atoms with Gasteiger partial charge >= 0.3 is 0 Å². The van der Waals surface area contributed by atoms with Crippen LogP contribution >= 0.6 is 11.3 Å². The van der Waals surface area contributed by atoms with Crippen LogP contribution < -0.4 is 16.0 Å². The van der Waals surface area contributed by atoms with E-state index in [1.165, 1.54) is 12.8 Å². The average Bonchev–Trinajstić information content (AvgIpc) is 3.27. The van der Waals surface area contributed by atoms with Crippen molar-refractivity contribution in [1.82, 2.24) is 10.3 Å². The third kappa shape index (κ3) is 4.55. The number of hydrogen-bond acceptors (Lipinski definition) is 5. The molecule has 1 fully saturated rings. The van der Waals surface area contributed by atoms with Crippen LogP contribution in [0.3, 0.4) is 0 Å². The fourth-order valence-corrected chi connectivity index (χ4v) is 3.78. The van der Waals surface area contributed by atoms with Gasteiger partial charge in [0.2, 0.25) is 5.91 Å². The zero-order valence-corrected chi connectivity index (χ0v) is 14.6. The Morgan fingerprint density at radius 2 is 2.04 bits per heavy atom. The molecular weight excluding hydrogens is 320 g/mol. The summed E-state index contributed by atoms with van der Waals surface area (Å²) >= 11 is 1.69. The molecule has 1 atom stereocenters. The van der Waals surface area contributed by atoms with E-state index in [0.29, 0.717) is 13.0 Å². The van der Waals surface area contributed by atoms with Crippen molar-refractivity contribution in [3.8, 4) is 0 Å². The molecule has 1 aromatic heterocycles. The molecule has 1 aliphatic heterocycles. The van der Waals surface area contributed by atoms with Crippen molar-refractivity contribution in [2.24, 2.45) is 5.73 Å². The van der Waals surface area contributed by atoms with E-state index >= 15 is 0 Å². The molecule has 1 amide bonds. The highest BCUT2D eigenvalue weighted by molar-refractivity contribution is 7.13. The number of nitrogens with two attached hydrogens (primary N) is 1. The first-order chi connectivity index (χ1) is 11.7. The molecule has 1 aliphatic rings. The van der Waals surface area contributed by atoms with Gasteiger partial charge in [-0.1, -0.05) is 30.3 Å². The molecule has 0 spiro atoms. The number of carbonyl (C=O) groups is 1. The minimum absolute atomic E-state index is 0.103. The largest absolute Gasteiger partial charge is 0.354 e. The van der Waals surface area contributed by atoms with Gasteiger partial charge in [-0.3, -0.25) is 4.79 Å². The molecule has 0 bridgehead atoms. The smallest absolute Gasteiger partial charge is 0.237 e. The molecule has 2 heterocycles. The average molecular weight is 344 g/mol. The van der Waals surface area contributed by atoms with Crippen molar-refractivity contribution in [2.75, 3.05) is 24.5 Å². The second-order valence-electron chi connectivity index (χ2n) is 6.15. The molecule has 1 unspecified atom stereocenters. The molecular formula is C18H24N4OS. The lowest BCUT2D eigenvalue weighted by atomic mass is 10.1. The Morgan fingerprint density at radius 3 is 2.79 bits per heavy atom. The van der Waals surface area contributed by atoms with Gasteiger partial charge in [0.05, 0.1) is 11.7 Å². The van der Waals surface area contributed by atoms with Crippen LogP contribution in [-0.2, 0) is 17.6 Å². The molecule has 1 saturated heterocycles. The van der Waals surface area contributed by atoms with Crippen molar-refractivity contribution >= 4 is 22.4 Å². The summed E-state index contributed by atoms with van der Waals surface area (Å²) in [5, 5.41) is 6.11. The maximum Gasteiger partial charge on any atom is 0.237 e. The Kier molecular flexibility index (Phi) is 5.82. The lowest BCUT2D eigenvalue weighted by molar-refractivity contribution is -0.122. The first kappa shape index (κ1) is 16.9. The third-order valence-corrected chi connectivity index (χ3v) is 5.18. The van der Waals surface area contributed by atoms with Crippen LogP contribution in [0.25, 0.3) is 0 Å². The van der Waals surface area contributed by atoms with E-state index in [0.717, 1.165) is 35.9 Å². The highest BCUT2D eigenvalue weighted by Crippen LogP contribution is 2.24. The zero-order valence-electron chi connectivity index (χ0n) is 13.8. The summed E-state index contributed by atoms with van der Waals surface area (Å²) in [6, 6.07) is 9.34. The SMILES string of the molecule is NC(Cc1ccccc1)C(=O)NCCc1csc(N2CCCC2)n1. The number of nitrogens with one attached hydrogen (secondary N) is 1. The molecule has 1 aromatic carbocycles. The van der Waals surface area contributed by atoms with Gasteiger partial charge < -0.3 is 16.0 Å². The minimum atomic E-state index is -0.511. The summed E-state index contributed by atoms with van der Waals surface area (Å²) in [7, 11) is 0. The zero-order chi connectivity index (χ0) is 16.8. The van der Waals surface area contributed by atoms with E-state index in [1.54, 1.807) is 11.3 Å². The fourth-order valence-electron chi connectivity index (χ4n) is 2.87. The minimum Gasteiger partial charge on any atom is -0.354 e. The van der Waals surface area contributed by atoms with Crippen LogP contribution in [0.4, 0.5) is 5.13 Å². The van der Waals surface area contributed by atoms with Crippen LogP contribution in [0.1, 0.15) is 24.1 Å². The highest BCUT2D eigenvalue weighted by Gasteiger charge is 2.16. The van der Waals surface area contributed by atoms with E-state index in [9.17, 15) is 4.79 Å². The quantitative estimate of drug-likeness (QED) is 0.806. The molecule has 0 saturated carbocycles. The van der Waals surface area contributed by atoms with Crippen LogP contribution in [-0.4, -0.2) is 36.6 Å². The van der Waals surface area contributed by atoms with Crippen LogP contribution in [0.15, 0.2) is 35.7 Å². The molecule has 128 valence electrons. The molecule has 5 nitrogen and oxygen atoms in total. The summed E-state index contributed by atoms with van der Waals surface area (Å²) in [6.45, 7) is 2.79. The second-order valence-corrected chi connectivity index (χ2v) is 6.99. The van der Waals surface area contributed by atoms with Crippen molar-refractivity contribution in [3.63, 3.8) is 0 Å². The number of nitrogens with zero attached hydrogens (tertiary/aromatic N) is 2. The summed E-state index contributed by atoms with van der Waals surface area (Å²) < 4.78 is 0. The van der Waals surface area contributed by atoms with Gasteiger partial charge in [-0.2, -0.15) is 0 Å². The Hall–Kier alpha value is -1.92. The predicted molar refractivity (Wildman–Crippen MR) is 98.4 cm³/mol. The number of aromatic nitrogens is 1. The third-order valence-electron chi connectivity index (χ3n) is 4.23. The molecule has 0 aliphatic carbocycles. The highest BCUT2D eigenvalue weighted by atomic mass is 32.1. The monoisotopic (exact) mass is 344 g/mol. The standard InChI is InChI=1S/C18H24N4OS/c19-16(12-14-6-2-1-3-7-14)17(23)20-9-8-15-13-24-18(21-15)22-10-4-5-11-22/h1-3,6-7,13,16H,4-5,8-12,19H2,(H,20,23). The topological polar surface area (TPSA) is 71.2 Å². The Labute approximate surface area is 146 Å². The molecule has 3 N–H and O–H groups in total. The van der Waals surface area contributed by atoms with Crippen molar-refractivity contribution < 1.29 is 4.79 Å². The van der Waals surface area contributed by atoms with Gasteiger partial charge in [0, 0.05) is 31.4 Å². The first-order valence-corrected chi connectivity index (χ1v) is 9.37. The van der Waals surface area contributed by atoms with Gasteiger partial charge in [0.15, 0.2) is 5.13 Å². The summed E-state index contributed by atoms with van der Waals surface area (Å²) in [6.07, 6.45) is 3.81. The van der Waals surface area contributed by atoms with E-state index in [4.69, 9.17) is 5.73 Å². The fraction of sp³-hybridized carbons (Fsp3) is 0.444. The Morgan fingerprint density at radius 1 is 1.29 bits per heavy atom. The Bertz CT molecular complexity index is 652. The van der Waals surface area contributed by atoms with Gasteiger partial charge in [-0.05, 0) is 24.8 Å². The van der Waals surface area contributed by atoms with Crippen LogP contribution in [0.5, 0.6) is 0 Å². The normalized spacial score (nSPS) is 15.5. The number of amides is 1. The molecule has 6 heteroatoms. The van der Waals surface area contributed by atoms with Gasteiger partial charge in [-0.25, -0.2) is 4.98 Å². The number of carbonyl (C=O) groups excluding carboxylic acids is 1. The van der Waals surface area contributed by atoms with Gasteiger partial charge in [-0.15, -0.1) is 11.3 Å². The van der Waals surface area contributed by atoms with Gasteiger partial charge in [0.1, 0.15) is 0 Å². The summed E-state index contributed by atoms with van der Waals surface area (Å²) in [5.74, 6) is -0.103. The van der Waals surface area contributed by atoms with E-state index in [-0.39, 0.29) is 5.91 Å². The number of thiazole rings is 1. The maximum atomic E-state index is 12.1. The molecule has 3 rings (SSSR count). The van der Waals surface area contributed by atoms with E-state index < -0.39 is 6.04 Å². The molecule has 24 heavy (non-hydrogen) atoms. The first-order valence-electron chi connectivity index (χ1n) is 8.49. The number of rotatable bonds is 7. The van der Waals surface area contributed by atoms with E-state index in [2.05, 4.69) is 20.6 Å². The Balaban J connectivity index is 1.41. The number of anilines is 1. The van der Waals surface area contributed by atoms with Crippen molar-refractivity contribution in [2.45, 2.75) is 31.7 Å².